The van der Waals surface area contributed by atoms with Crippen LogP contribution in [0.2, 0.25) is 0 Å². The van der Waals surface area contributed by atoms with Crippen LogP contribution in [0, 0.1) is 0 Å². The second-order valence-corrected chi connectivity index (χ2v) is 6.43. The summed E-state index contributed by atoms with van der Waals surface area (Å²) >= 11 is 3.36. The van der Waals surface area contributed by atoms with E-state index in [-0.39, 0.29) is 11.8 Å². The van der Waals surface area contributed by atoms with Crippen LogP contribution in [-0.4, -0.2) is 43.9 Å². The maximum absolute atomic E-state index is 12.3. The summed E-state index contributed by atoms with van der Waals surface area (Å²) in [6, 6.07) is 14.1. The van der Waals surface area contributed by atoms with Gasteiger partial charge in [-0.05, 0) is 60.4 Å². The van der Waals surface area contributed by atoms with E-state index in [4.69, 9.17) is 0 Å². The van der Waals surface area contributed by atoms with Crippen LogP contribution in [0.3, 0.4) is 0 Å². The smallest absolute Gasteiger partial charge is 0.256 e. The van der Waals surface area contributed by atoms with Gasteiger partial charge in [-0.2, -0.15) is 0 Å². The molecule has 126 valence electrons. The molecular weight excluding hydrogens is 370 g/mol. The maximum atomic E-state index is 12.3. The van der Waals surface area contributed by atoms with Crippen LogP contribution in [0.25, 0.3) is 0 Å². The first kappa shape index (κ1) is 18.2. The van der Waals surface area contributed by atoms with Crippen LogP contribution in [-0.2, 0) is 0 Å². The first-order valence-electron chi connectivity index (χ1n) is 7.56. The Balaban J connectivity index is 2.03. The molecule has 0 unspecified atom stereocenters. The van der Waals surface area contributed by atoms with Gasteiger partial charge in [-0.1, -0.05) is 18.2 Å². The molecule has 0 bridgehead atoms. The minimum atomic E-state index is -0.229. The molecule has 2 rings (SSSR count). The number of hydrogen-bond acceptors (Lipinski definition) is 3. The molecular formula is C18H20BrN3O2. The molecule has 2 aromatic rings. The third kappa shape index (κ3) is 5.18. The van der Waals surface area contributed by atoms with Crippen LogP contribution >= 0.6 is 15.9 Å². The van der Waals surface area contributed by atoms with Crippen molar-refractivity contribution in [2.24, 2.45) is 0 Å². The van der Waals surface area contributed by atoms with Crippen molar-refractivity contribution in [2.45, 2.75) is 0 Å². The average Bonchev–Trinajstić information content (AvgIpc) is 2.55. The lowest BCUT2D eigenvalue weighted by Crippen LogP contribution is -2.31. The van der Waals surface area contributed by atoms with Gasteiger partial charge in [0, 0.05) is 28.8 Å². The number of hydrogen-bond donors (Lipinski definition) is 2. The molecule has 0 radical (unpaired) electrons. The van der Waals surface area contributed by atoms with Gasteiger partial charge in [0.2, 0.25) is 0 Å². The summed E-state index contributed by atoms with van der Waals surface area (Å²) in [5, 5.41) is 5.66. The highest BCUT2D eigenvalue weighted by molar-refractivity contribution is 9.10. The highest BCUT2D eigenvalue weighted by atomic mass is 79.9. The van der Waals surface area contributed by atoms with E-state index in [1.54, 1.807) is 36.4 Å². The zero-order valence-corrected chi connectivity index (χ0v) is 15.3. The summed E-state index contributed by atoms with van der Waals surface area (Å²) in [5.41, 5.74) is 1.63. The fraction of sp³-hybridized carbons (Fsp3) is 0.222. The lowest BCUT2D eigenvalue weighted by atomic mass is 10.1. The summed E-state index contributed by atoms with van der Waals surface area (Å²) in [4.78, 5) is 26.4. The van der Waals surface area contributed by atoms with Gasteiger partial charge < -0.3 is 15.5 Å². The van der Waals surface area contributed by atoms with Gasteiger partial charge in [0.15, 0.2) is 0 Å². The topological polar surface area (TPSA) is 61.4 Å². The van der Waals surface area contributed by atoms with E-state index in [2.05, 4.69) is 26.6 Å². The van der Waals surface area contributed by atoms with Gasteiger partial charge in [0.05, 0.1) is 5.56 Å². The molecule has 6 heteroatoms. The zero-order valence-electron chi connectivity index (χ0n) is 13.7. The van der Waals surface area contributed by atoms with Crippen molar-refractivity contribution in [3.63, 3.8) is 0 Å². The fourth-order valence-electron chi connectivity index (χ4n) is 2.08. The monoisotopic (exact) mass is 389 g/mol. The van der Waals surface area contributed by atoms with Crippen molar-refractivity contribution in [1.82, 2.24) is 10.2 Å². The second-order valence-electron chi connectivity index (χ2n) is 5.57. The van der Waals surface area contributed by atoms with E-state index in [1.165, 1.54) is 0 Å². The number of nitrogens with zero attached hydrogens (tertiary/aromatic N) is 1. The molecule has 5 nitrogen and oxygen atoms in total. The Morgan fingerprint density at radius 2 is 1.79 bits per heavy atom. The standard InChI is InChI=1S/C18H20BrN3O2/c1-22(2)11-10-20-17(23)13-6-5-7-14(12-13)21-18(24)15-8-3-4-9-16(15)19/h3-9,12H,10-11H2,1-2H3,(H,20,23)(H,21,24). The van der Waals surface area contributed by atoms with Gasteiger partial charge >= 0.3 is 0 Å². The summed E-state index contributed by atoms with van der Waals surface area (Å²) in [6.45, 7) is 1.34. The molecule has 2 aromatic carbocycles. The van der Waals surface area contributed by atoms with Gasteiger partial charge in [-0.25, -0.2) is 0 Å². The number of amides is 2. The number of carbonyl (C=O) groups excluding carboxylic acids is 2. The molecule has 0 saturated carbocycles. The Labute approximate surface area is 150 Å². The summed E-state index contributed by atoms with van der Waals surface area (Å²) in [7, 11) is 3.90. The van der Waals surface area contributed by atoms with E-state index < -0.39 is 0 Å². The lowest BCUT2D eigenvalue weighted by Gasteiger charge is -2.11. The molecule has 24 heavy (non-hydrogen) atoms. The molecule has 0 spiro atoms. The second kappa shape index (κ2) is 8.61. The predicted octanol–water partition coefficient (Wildman–Crippen LogP) is 2.99. The number of likely N-dealkylation sites (N-methyl/N-ethyl adjacent to an activating group) is 1. The Bertz CT molecular complexity index is 732. The number of carbonyl (C=O) groups is 2. The normalized spacial score (nSPS) is 10.5. The Hall–Kier alpha value is -2.18. The Morgan fingerprint density at radius 1 is 1.04 bits per heavy atom. The first-order chi connectivity index (χ1) is 11.5. The highest BCUT2D eigenvalue weighted by Crippen LogP contribution is 2.18. The molecule has 0 atom stereocenters. The van der Waals surface area contributed by atoms with Gasteiger partial charge in [-0.15, -0.1) is 0 Å². The van der Waals surface area contributed by atoms with Gasteiger partial charge in [0.25, 0.3) is 11.8 Å². The minimum Gasteiger partial charge on any atom is -0.351 e. The van der Waals surface area contributed by atoms with Crippen LogP contribution < -0.4 is 10.6 Å². The molecule has 0 aliphatic heterocycles. The largest absolute Gasteiger partial charge is 0.351 e. The molecule has 0 aliphatic rings. The van der Waals surface area contributed by atoms with Crippen LogP contribution in [0.1, 0.15) is 20.7 Å². The highest BCUT2D eigenvalue weighted by Gasteiger charge is 2.11. The Kier molecular flexibility index (Phi) is 6.52. The Morgan fingerprint density at radius 3 is 2.50 bits per heavy atom. The summed E-state index contributed by atoms with van der Waals surface area (Å²) in [6.07, 6.45) is 0. The number of benzene rings is 2. The van der Waals surface area contributed by atoms with Crippen LogP contribution in [0.5, 0.6) is 0 Å². The SMILES string of the molecule is CN(C)CCNC(=O)c1cccc(NC(=O)c2ccccc2Br)c1. The molecule has 2 N–H and O–H groups in total. The van der Waals surface area contributed by atoms with E-state index in [9.17, 15) is 9.59 Å². The van der Waals surface area contributed by atoms with Crippen molar-refractivity contribution >= 4 is 33.4 Å². The van der Waals surface area contributed by atoms with Crippen molar-refractivity contribution in [3.8, 4) is 0 Å². The molecule has 2 amide bonds. The van der Waals surface area contributed by atoms with Crippen molar-refractivity contribution in [3.05, 3.63) is 64.1 Å². The van der Waals surface area contributed by atoms with Crippen molar-refractivity contribution < 1.29 is 9.59 Å². The summed E-state index contributed by atoms with van der Waals surface area (Å²) < 4.78 is 0.722. The number of nitrogens with one attached hydrogen (secondary N) is 2. The maximum Gasteiger partial charge on any atom is 0.256 e. The van der Waals surface area contributed by atoms with Crippen molar-refractivity contribution in [2.75, 3.05) is 32.5 Å². The van der Waals surface area contributed by atoms with Gasteiger partial charge in [0.1, 0.15) is 0 Å². The van der Waals surface area contributed by atoms with E-state index in [0.717, 1.165) is 11.0 Å². The molecule has 0 aromatic heterocycles. The van der Waals surface area contributed by atoms with Crippen LogP contribution in [0.4, 0.5) is 5.69 Å². The summed E-state index contributed by atoms with van der Waals surface area (Å²) in [5.74, 6) is -0.388. The molecule has 0 fully saturated rings. The van der Waals surface area contributed by atoms with Crippen molar-refractivity contribution in [1.29, 1.82) is 0 Å². The minimum absolute atomic E-state index is 0.158. The van der Waals surface area contributed by atoms with E-state index >= 15 is 0 Å². The van der Waals surface area contributed by atoms with E-state index in [1.807, 2.05) is 31.1 Å². The third-order valence-corrected chi connectivity index (χ3v) is 4.04. The number of anilines is 1. The first-order valence-corrected chi connectivity index (χ1v) is 8.35. The molecule has 0 saturated heterocycles. The predicted molar refractivity (Wildman–Crippen MR) is 99.4 cm³/mol. The van der Waals surface area contributed by atoms with E-state index in [0.29, 0.717) is 23.4 Å². The average molecular weight is 390 g/mol. The quantitative estimate of drug-likeness (QED) is 0.797. The number of halogens is 1. The van der Waals surface area contributed by atoms with Crippen LogP contribution in [0.15, 0.2) is 53.0 Å². The van der Waals surface area contributed by atoms with Gasteiger partial charge in [-0.3, -0.25) is 9.59 Å². The number of rotatable bonds is 6. The third-order valence-electron chi connectivity index (χ3n) is 3.35. The zero-order chi connectivity index (χ0) is 17.5. The molecule has 0 aliphatic carbocycles. The molecule has 0 heterocycles. The lowest BCUT2D eigenvalue weighted by molar-refractivity contribution is 0.0949. The fourth-order valence-corrected chi connectivity index (χ4v) is 2.54.